The SMILES string of the molecule is CCC(N)N(c1ccccc1)c1cccc(S(=O)(=O)N(C)C)c1. The molecule has 124 valence electrons. The van der Waals surface area contributed by atoms with Crippen LogP contribution in [0.3, 0.4) is 0 Å². The van der Waals surface area contributed by atoms with E-state index in [2.05, 4.69) is 0 Å². The van der Waals surface area contributed by atoms with Crippen LogP contribution in [0.2, 0.25) is 0 Å². The van der Waals surface area contributed by atoms with Crippen molar-refractivity contribution in [2.24, 2.45) is 5.73 Å². The van der Waals surface area contributed by atoms with E-state index in [9.17, 15) is 8.42 Å². The number of para-hydroxylation sites is 1. The molecule has 0 aliphatic carbocycles. The fourth-order valence-electron chi connectivity index (χ4n) is 2.31. The van der Waals surface area contributed by atoms with Crippen LogP contribution in [0.4, 0.5) is 11.4 Å². The van der Waals surface area contributed by atoms with Crippen molar-refractivity contribution in [1.29, 1.82) is 0 Å². The number of rotatable bonds is 6. The molecule has 2 aromatic carbocycles. The number of benzene rings is 2. The number of nitrogens with two attached hydrogens (primary N) is 1. The summed E-state index contributed by atoms with van der Waals surface area (Å²) in [5.41, 5.74) is 7.96. The molecule has 2 rings (SSSR count). The summed E-state index contributed by atoms with van der Waals surface area (Å²) in [4.78, 5) is 2.21. The normalized spacial score (nSPS) is 13.1. The van der Waals surface area contributed by atoms with Crippen molar-refractivity contribution in [3.63, 3.8) is 0 Å². The zero-order valence-electron chi connectivity index (χ0n) is 13.7. The van der Waals surface area contributed by atoms with Crippen molar-refractivity contribution >= 4 is 21.4 Å². The molecule has 2 N–H and O–H groups in total. The summed E-state index contributed by atoms with van der Waals surface area (Å²) in [7, 11) is -0.437. The Kier molecular flexibility index (Phi) is 5.41. The Morgan fingerprint density at radius 3 is 2.17 bits per heavy atom. The van der Waals surface area contributed by atoms with Gasteiger partial charge >= 0.3 is 0 Å². The Morgan fingerprint density at radius 2 is 1.61 bits per heavy atom. The van der Waals surface area contributed by atoms with Crippen LogP contribution in [-0.2, 0) is 10.0 Å². The van der Waals surface area contributed by atoms with Gasteiger partial charge in [-0.05, 0) is 36.8 Å². The minimum Gasteiger partial charge on any atom is -0.326 e. The van der Waals surface area contributed by atoms with E-state index < -0.39 is 10.0 Å². The van der Waals surface area contributed by atoms with Gasteiger partial charge < -0.3 is 10.6 Å². The number of sulfonamides is 1. The molecule has 0 amide bonds. The van der Waals surface area contributed by atoms with E-state index in [-0.39, 0.29) is 11.1 Å². The van der Waals surface area contributed by atoms with E-state index >= 15 is 0 Å². The third-order valence-electron chi connectivity index (χ3n) is 3.66. The second-order valence-electron chi connectivity index (χ2n) is 5.47. The molecule has 23 heavy (non-hydrogen) atoms. The highest BCUT2D eigenvalue weighted by Gasteiger charge is 2.21. The predicted molar refractivity (Wildman–Crippen MR) is 94.2 cm³/mol. The quantitative estimate of drug-likeness (QED) is 0.826. The molecule has 1 atom stereocenters. The largest absolute Gasteiger partial charge is 0.326 e. The summed E-state index contributed by atoms with van der Waals surface area (Å²) >= 11 is 0. The first-order chi connectivity index (χ1) is 10.9. The third-order valence-corrected chi connectivity index (χ3v) is 5.47. The molecule has 0 saturated carbocycles. The van der Waals surface area contributed by atoms with Crippen molar-refractivity contribution in [1.82, 2.24) is 4.31 Å². The summed E-state index contributed by atoms with van der Waals surface area (Å²) in [6.45, 7) is 2.00. The molecule has 0 radical (unpaired) electrons. The van der Waals surface area contributed by atoms with Gasteiger partial charge in [0.1, 0.15) is 0 Å². The van der Waals surface area contributed by atoms with Crippen molar-refractivity contribution in [2.45, 2.75) is 24.4 Å². The molecule has 2 aromatic rings. The van der Waals surface area contributed by atoms with E-state index in [0.29, 0.717) is 0 Å². The molecule has 6 heteroatoms. The zero-order chi connectivity index (χ0) is 17.0. The lowest BCUT2D eigenvalue weighted by atomic mass is 10.2. The molecule has 0 heterocycles. The number of hydrogen-bond donors (Lipinski definition) is 1. The van der Waals surface area contributed by atoms with Crippen LogP contribution in [0, 0.1) is 0 Å². The van der Waals surface area contributed by atoms with Crippen LogP contribution in [0.1, 0.15) is 13.3 Å². The summed E-state index contributed by atoms with van der Waals surface area (Å²) in [6.07, 6.45) is 0.495. The lowest BCUT2D eigenvalue weighted by Gasteiger charge is -2.31. The van der Waals surface area contributed by atoms with Gasteiger partial charge in [-0.3, -0.25) is 0 Å². The minimum absolute atomic E-state index is 0.241. The van der Waals surface area contributed by atoms with E-state index in [4.69, 9.17) is 5.73 Å². The number of hydrogen-bond acceptors (Lipinski definition) is 4. The summed E-state index contributed by atoms with van der Waals surface area (Å²) in [6, 6.07) is 16.6. The van der Waals surface area contributed by atoms with Crippen LogP contribution in [0.25, 0.3) is 0 Å². The summed E-state index contributed by atoms with van der Waals surface area (Å²) in [5, 5.41) is 0. The molecule has 0 aliphatic heterocycles. The Morgan fingerprint density at radius 1 is 1.00 bits per heavy atom. The van der Waals surface area contributed by atoms with Gasteiger partial charge in [0.15, 0.2) is 0 Å². The number of anilines is 2. The monoisotopic (exact) mass is 333 g/mol. The van der Waals surface area contributed by atoms with Crippen LogP contribution in [0.5, 0.6) is 0 Å². The molecule has 0 aliphatic rings. The highest BCUT2D eigenvalue weighted by Crippen LogP contribution is 2.29. The standard InChI is InChI=1S/C17H23N3O2S/c1-4-17(18)20(14-9-6-5-7-10-14)15-11-8-12-16(13-15)23(21,22)19(2)3/h5-13,17H,4,18H2,1-3H3. The molecule has 0 fully saturated rings. The van der Waals surface area contributed by atoms with Crippen molar-refractivity contribution in [3.8, 4) is 0 Å². The van der Waals surface area contributed by atoms with Gasteiger partial charge in [0.2, 0.25) is 10.0 Å². The lowest BCUT2D eigenvalue weighted by Crippen LogP contribution is -2.38. The highest BCUT2D eigenvalue weighted by atomic mass is 32.2. The lowest BCUT2D eigenvalue weighted by molar-refractivity contribution is 0.520. The fourth-order valence-corrected chi connectivity index (χ4v) is 3.25. The van der Waals surface area contributed by atoms with Crippen molar-refractivity contribution in [3.05, 3.63) is 54.6 Å². The molecule has 0 saturated heterocycles. The van der Waals surface area contributed by atoms with E-state index in [1.54, 1.807) is 18.2 Å². The van der Waals surface area contributed by atoms with Gasteiger partial charge in [-0.15, -0.1) is 0 Å². The first-order valence-electron chi connectivity index (χ1n) is 7.50. The molecule has 0 aromatic heterocycles. The fraction of sp³-hybridized carbons (Fsp3) is 0.294. The molecule has 0 bridgehead atoms. The van der Waals surface area contributed by atoms with Gasteiger partial charge in [-0.1, -0.05) is 31.2 Å². The van der Waals surface area contributed by atoms with Gasteiger partial charge in [0, 0.05) is 25.5 Å². The second kappa shape index (κ2) is 7.12. The smallest absolute Gasteiger partial charge is 0.242 e. The minimum atomic E-state index is -3.48. The van der Waals surface area contributed by atoms with Gasteiger partial charge in [-0.25, -0.2) is 12.7 Å². The van der Waals surface area contributed by atoms with Crippen LogP contribution < -0.4 is 10.6 Å². The maximum absolute atomic E-state index is 12.4. The zero-order valence-corrected chi connectivity index (χ0v) is 14.5. The van der Waals surface area contributed by atoms with Crippen LogP contribution >= 0.6 is 0 Å². The molecular formula is C17H23N3O2S. The van der Waals surface area contributed by atoms with Gasteiger partial charge in [-0.2, -0.15) is 0 Å². The average molecular weight is 333 g/mol. The topological polar surface area (TPSA) is 66.6 Å². The maximum Gasteiger partial charge on any atom is 0.242 e. The second-order valence-corrected chi connectivity index (χ2v) is 7.62. The van der Waals surface area contributed by atoms with E-state index in [1.807, 2.05) is 48.2 Å². The molecule has 0 spiro atoms. The molecule has 1 unspecified atom stereocenters. The maximum atomic E-state index is 12.4. The average Bonchev–Trinajstić information content (AvgIpc) is 2.56. The van der Waals surface area contributed by atoms with Crippen LogP contribution in [0.15, 0.2) is 59.5 Å². The molecular weight excluding hydrogens is 310 g/mol. The summed E-state index contributed by atoms with van der Waals surface area (Å²) in [5.74, 6) is 0. The summed E-state index contributed by atoms with van der Waals surface area (Å²) < 4.78 is 25.9. The Bertz CT molecular complexity index is 745. The van der Waals surface area contributed by atoms with Gasteiger partial charge in [0.05, 0.1) is 11.1 Å². The third kappa shape index (κ3) is 3.72. The van der Waals surface area contributed by atoms with Crippen molar-refractivity contribution in [2.75, 3.05) is 19.0 Å². The first-order valence-corrected chi connectivity index (χ1v) is 8.94. The Balaban J connectivity index is 2.53. The predicted octanol–water partition coefficient (Wildman–Crippen LogP) is 2.77. The first kappa shape index (κ1) is 17.5. The molecule has 5 nitrogen and oxygen atoms in total. The van der Waals surface area contributed by atoms with Crippen LogP contribution in [-0.4, -0.2) is 33.0 Å². The Labute approximate surface area is 138 Å². The van der Waals surface area contributed by atoms with Crippen molar-refractivity contribution < 1.29 is 8.42 Å². The highest BCUT2D eigenvalue weighted by molar-refractivity contribution is 7.89. The Hall–Kier alpha value is -1.89. The van der Waals surface area contributed by atoms with E-state index in [1.165, 1.54) is 18.4 Å². The number of nitrogens with zero attached hydrogens (tertiary/aromatic N) is 2. The van der Waals surface area contributed by atoms with Gasteiger partial charge in [0.25, 0.3) is 0 Å². The van der Waals surface area contributed by atoms with E-state index in [0.717, 1.165) is 17.8 Å².